The van der Waals surface area contributed by atoms with Crippen LogP contribution in [0.3, 0.4) is 0 Å². The van der Waals surface area contributed by atoms with Gasteiger partial charge in [-0.05, 0) is 42.0 Å². The summed E-state index contributed by atoms with van der Waals surface area (Å²) in [5.41, 5.74) is 1.78. The van der Waals surface area contributed by atoms with Gasteiger partial charge in [-0.1, -0.05) is 65.8 Å². The zero-order valence-electron chi connectivity index (χ0n) is 20.1. The van der Waals surface area contributed by atoms with Crippen molar-refractivity contribution in [3.63, 3.8) is 0 Å². The van der Waals surface area contributed by atoms with Crippen molar-refractivity contribution in [1.29, 1.82) is 0 Å². The Bertz CT molecular complexity index is 1580. The van der Waals surface area contributed by atoms with Crippen molar-refractivity contribution >= 4 is 45.8 Å². The Balaban J connectivity index is 1.51. The number of carbonyl (C=O) groups excluding carboxylic acids is 1. The highest BCUT2D eigenvalue weighted by atomic mass is 32.1. The van der Waals surface area contributed by atoms with Crippen LogP contribution in [0.2, 0.25) is 0 Å². The molecule has 1 N–H and O–H groups in total. The number of amides is 1. The molecule has 1 aliphatic rings. The molecule has 0 spiro atoms. The molecule has 38 heavy (non-hydrogen) atoms. The summed E-state index contributed by atoms with van der Waals surface area (Å²) in [6.07, 6.45) is 1.70. The quantitative estimate of drug-likeness (QED) is 0.178. The second-order valence-corrected chi connectivity index (χ2v) is 8.95. The molecule has 1 aromatic heterocycles. The van der Waals surface area contributed by atoms with Crippen LogP contribution in [0.4, 0.5) is 5.00 Å². The van der Waals surface area contributed by atoms with Gasteiger partial charge >= 0.3 is 5.97 Å². The smallest absolute Gasteiger partial charge is 0.358 e. The molecule has 0 fully saturated rings. The Hall–Kier alpha value is -5.02. The van der Waals surface area contributed by atoms with Gasteiger partial charge in [0.05, 0.1) is 0 Å². The predicted molar refractivity (Wildman–Crippen MR) is 147 cm³/mol. The topological polar surface area (TPSA) is 101 Å². The normalized spacial score (nSPS) is 14.5. The van der Waals surface area contributed by atoms with Crippen LogP contribution >= 0.6 is 11.3 Å². The molecule has 0 bridgehead atoms. The van der Waals surface area contributed by atoms with Gasteiger partial charge in [0, 0.05) is 16.5 Å². The van der Waals surface area contributed by atoms with Crippen LogP contribution in [0.15, 0.2) is 112 Å². The summed E-state index contributed by atoms with van der Waals surface area (Å²) in [7, 11) is 1.28. The lowest BCUT2D eigenvalue weighted by Gasteiger charge is -2.16. The van der Waals surface area contributed by atoms with Crippen LogP contribution < -0.4 is 9.64 Å². The van der Waals surface area contributed by atoms with E-state index in [1.807, 2.05) is 84.9 Å². The molecular formula is C29H21N3O5S. The summed E-state index contributed by atoms with van der Waals surface area (Å²) >= 11 is 1.21. The molecule has 9 heteroatoms. The Morgan fingerprint density at radius 3 is 2.39 bits per heavy atom. The minimum atomic E-state index is -1.24. The number of hydrogen-bond acceptors (Lipinski definition) is 7. The zero-order chi connectivity index (χ0) is 26.5. The van der Waals surface area contributed by atoms with Crippen LogP contribution in [0, 0.1) is 0 Å². The number of anilines is 1. The molecule has 3 aromatic carbocycles. The Morgan fingerprint density at radius 1 is 0.974 bits per heavy atom. The molecule has 0 aliphatic carbocycles. The fraction of sp³-hybridized carbons (Fsp3) is 0.0345. The maximum absolute atomic E-state index is 13.7. The summed E-state index contributed by atoms with van der Waals surface area (Å²) < 4.78 is 5.93. The molecule has 0 unspecified atom stereocenters. The maximum atomic E-state index is 13.7. The predicted octanol–water partition coefficient (Wildman–Crippen LogP) is 5.81. The van der Waals surface area contributed by atoms with E-state index in [1.165, 1.54) is 23.3 Å². The molecular weight excluding hydrogens is 502 g/mol. The number of hydrogen-bond donors (Lipinski definition) is 1. The zero-order valence-corrected chi connectivity index (χ0v) is 21.0. The molecule has 1 aliphatic heterocycles. The van der Waals surface area contributed by atoms with Crippen LogP contribution in [0.25, 0.3) is 6.08 Å². The largest absolute Gasteiger partial charge is 0.476 e. The second-order valence-electron chi connectivity index (χ2n) is 8.06. The van der Waals surface area contributed by atoms with Crippen LogP contribution in [-0.2, 0) is 14.4 Å². The van der Waals surface area contributed by atoms with E-state index >= 15 is 0 Å². The summed E-state index contributed by atoms with van der Waals surface area (Å²) in [5, 5.41) is 15.2. The number of benzene rings is 3. The molecule has 1 amide bonds. The molecule has 8 nitrogen and oxygen atoms in total. The molecule has 0 radical (unpaired) electrons. The number of rotatable bonds is 8. The van der Waals surface area contributed by atoms with Crippen molar-refractivity contribution in [2.24, 2.45) is 10.1 Å². The number of para-hydroxylation sites is 1. The Kier molecular flexibility index (Phi) is 7.10. The highest BCUT2D eigenvalue weighted by molar-refractivity contribution is 7.15. The van der Waals surface area contributed by atoms with Crippen LogP contribution in [-0.4, -0.2) is 35.6 Å². The van der Waals surface area contributed by atoms with Gasteiger partial charge in [-0.15, -0.1) is 11.3 Å². The molecule has 0 saturated carbocycles. The monoisotopic (exact) mass is 523 g/mol. The molecule has 0 atom stereocenters. The van der Waals surface area contributed by atoms with Gasteiger partial charge in [-0.3, -0.25) is 4.79 Å². The van der Waals surface area contributed by atoms with E-state index in [4.69, 9.17) is 4.74 Å². The van der Waals surface area contributed by atoms with Crippen molar-refractivity contribution in [2.45, 2.75) is 0 Å². The standard InChI is InChI=1S/C29H21N3O5S/c1-36-31-26(29(34)35)21-17-25(38-18-21)32-27(20-10-4-2-5-11-20)30-24(28(32)33)16-19-9-8-14-23(15-19)37-22-12-6-3-7-13-22/h2-18H,1H3,(H,34,35)/b24-16-,31-26-. The first-order chi connectivity index (χ1) is 18.5. The number of carbonyl (C=O) groups is 2. The molecule has 188 valence electrons. The number of carboxylic acid groups (broad SMARTS) is 1. The highest BCUT2D eigenvalue weighted by Gasteiger charge is 2.34. The first-order valence-corrected chi connectivity index (χ1v) is 12.4. The van der Waals surface area contributed by atoms with E-state index in [2.05, 4.69) is 15.0 Å². The van der Waals surface area contributed by atoms with E-state index in [9.17, 15) is 14.7 Å². The number of carboxylic acids is 1. The number of thiophene rings is 1. The van der Waals surface area contributed by atoms with Crippen molar-refractivity contribution < 1.29 is 24.3 Å². The lowest BCUT2D eigenvalue weighted by molar-refractivity contribution is -0.129. The van der Waals surface area contributed by atoms with E-state index in [0.717, 1.165) is 11.1 Å². The van der Waals surface area contributed by atoms with Gasteiger partial charge in [-0.25, -0.2) is 14.7 Å². The van der Waals surface area contributed by atoms with Crippen molar-refractivity contribution in [2.75, 3.05) is 12.0 Å². The van der Waals surface area contributed by atoms with Gasteiger partial charge in [0.15, 0.2) is 5.71 Å². The number of nitrogens with zero attached hydrogens (tertiary/aromatic N) is 3. The average Bonchev–Trinajstić information content (AvgIpc) is 3.53. The first-order valence-electron chi connectivity index (χ1n) is 11.5. The van der Waals surface area contributed by atoms with E-state index in [0.29, 0.717) is 27.9 Å². The summed E-state index contributed by atoms with van der Waals surface area (Å²) in [6, 6.07) is 27.7. The lowest BCUT2D eigenvalue weighted by atomic mass is 10.1. The fourth-order valence-corrected chi connectivity index (χ4v) is 4.72. The number of amidine groups is 1. The van der Waals surface area contributed by atoms with Gasteiger partial charge in [-0.2, -0.15) is 0 Å². The van der Waals surface area contributed by atoms with Crippen LogP contribution in [0.1, 0.15) is 16.7 Å². The third-order valence-electron chi connectivity index (χ3n) is 5.50. The van der Waals surface area contributed by atoms with E-state index in [1.54, 1.807) is 17.5 Å². The van der Waals surface area contributed by atoms with Crippen molar-refractivity contribution in [1.82, 2.24) is 0 Å². The minimum Gasteiger partial charge on any atom is -0.476 e. The first kappa shape index (κ1) is 24.7. The highest BCUT2D eigenvalue weighted by Crippen LogP contribution is 2.33. The number of aliphatic carboxylic acids is 1. The molecule has 4 aromatic rings. The Labute approximate surface area is 222 Å². The summed E-state index contributed by atoms with van der Waals surface area (Å²) in [6.45, 7) is 0. The van der Waals surface area contributed by atoms with E-state index < -0.39 is 5.97 Å². The van der Waals surface area contributed by atoms with E-state index in [-0.39, 0.29) is 17.3 Å². The average molecular weight is 524 g/mol. The van der Waals surface area contributed by atoms with Crippen LogP contribution in [0.5, 0.6) is 11.5 Å². The molecule has 0 saturated heterocycles. The lowest BCUT2D eigenvalue weighted by Crippen LogP contribution is -2.32. The molecule has 5 rings (SSSR count). The second kappa shape index (κ2) is 10.9. The SMILES string of the molecule is CO/N=C(\C(=O)O)c1csc(N2C(=O)/C(=C/c3cccc(Oc4ccccc4)c3)N=C2c2ccccc2)c1. The Morgan fingerprint density at radius 2 is 1.68 bits per heavy atom. The van der Waals surface area contributed by atoms with Gasteiger partial charge in [0.25, 0.3) is 5.91 Å². The molecule has 2 heterocycles. The number of aliphatic imine (C=N–C) groups is 1. The van der Waals surface area contributed by atoms with Gasteiger partial charge in [0.2, 0.25) is 0 Å². The summed E-state index contributed by atoms with van der Waals surface area (Å²) in [5.74, 6) is 0.191. The van der Waals surface area contributed by atoms with Gasteiger partial charge in [0.1, 0.15) is 35.1 Å². The third kappa shape index (κ3) is 5.23. The number of oxime groups is 1. The van der Waals surface area contributed by atoms with Crippen molar-refractivity contribution in [3.05, 3.63) is 119 Å². The van der Waals surface area contributed by atoms with Crippen molar-refractivity contribution in [3.8, 4) is 11.5 Å². The minimum absolute atomic E-state index is 0.236. The van der Waals surface area contributed by atoms with Gasteiger partial charge < -0.3 is 14.7 Å². The number of ether oxygens (including phenoxy) is 1. The maximum Gasteiger partial charge on any atom is 0.358 e. The fourth-order valence-electron chi connectivity index (χ4n) is 3.83. The summed E-state index contributed by atoms with van der Waals surface area (Å²) in [4.78, 5) is 36.1. The third-order valence-corrected chi connectivity index (χ3v) is 6.41.